The maximum Gasteiger partial charge on any atom is 0.251 e. The molecule has 23 heavy (non-hydrogen) atoms. The number of benzene rings is 2. The van der Waals surface area contributed by atoms with Gasteiger partial charge in [-0.3, -0.25) is 9.59 Å². The first-order chi connectivity index (χ1) is 11.1. The van der Waals surface area contributed by atoms with E-state index in [0.717, 1.165) is 5.69 Å². The molecule has 0 aromatic heterocycles. The fourth-order valence-corrected chi connectivity index (χ4v) is 2.03. The van der Waals surface area contributed by atoms with Crippen molar-refractivity contribution < 1.29 is 9.59 Å². The summed E-state index contributed by atoms with van der Waals surface area (Å²) in [6.07, 6.45) is 0. The number of hydrogen-bond acceptors (Lipinski definition) is 3. The molecule has 5 heteroatoms. The van der Waals surface area contributed by atoms with Gasteiger partial charge in [0.05, 0.1) is 6.54 Å². The molecule has 2 aromatic rings. The van der Waals surface area contributed by atoms with Crippen molar-refractivity contribution >= 4 is 23.2 Å². The summed E-state index contributed by atoms with van der Waals surface area (Å²) in [5.41, 5.74) is 3.31. The third kappa shape index (κ3) is 5.14. The highest BCUT2D eigenvalue weighted by Crippen LogP contribution is 2.11. The summed E-state index contributed by atoms with van der Waals surface area (Å²) in [5, 5.41) is 8.58. The van der Waals surface area contributed by atoms with Gasteiger partial charge in [-0.05, 0) is 50.2 Å². The van der Waals surface area contributed by atoms with Crippen LogP contribution in [0.1, 0.15) is 22.8 Å². The van der Waals surface area contributed by atoms with Crippen LogP contribution in [0.25, 0.3) is 0 Å². The van der Waals surface area contributed by atoms with Crippen molar-refractivity contribution in [2.45, 2.75) is 13.8 Å². The Balaban J connectivity index is 1.85. The molecule has 0 bridgehead atoms. The Morgan fingerprint density at radius 3 is 2.13 bits per heavy atom. The largest absolute Gasteiger partial charge is 0.376 e. The lowest BCUT2D eigenvalue weighted by Gasteiger charge is -2.09. The highest BCUT2D eigenvalue weighted by molar-refractivity contribution is 5.96. The Labute approximate surface area is 136 Å². The van der Waals surface area contributed by atoms with Crippen molar-refractivity contribution in [3.8, 4) is 0 Å². The third-order valence-electron chi connectivity index (χ3n) is 3.27. The minimum absolute atomic E-state index is 0.119. The minimum atomic E-state index is -0.142. The van der Waals surface area contributed by atoms with Gasteiger partial charge in [-0.25, -0.2) is 0 Å². The summed E-state index contributed by atoms with van der Waals surface area (Å²) in [6.45, 7) is 4.65. The van der Waals surface area contributed by atoms with Gasteiger partial charge in [0.1, 0.15) is 0 Å². The summed E-state index contributed by atoms with van der Waals surface area (Å²) >= 11 is 0. The highest BCUT2D eigenvalue weighted by Gasteiger charge is 2.05. The Hall–Kier alpha value is -2.82. The van der Waals surface area contributed by atoms with E-state index in [2.05, 4.69) is 16.0 Å². The number of anilines is 2. The van der Waals surface area contributed by atoms with E-state index in [1.54, 1.807) is 24.3 Å². The first-order valence-electron chi connectivity index (χ1n) is 7.57. The van der Waals surface area contributed by atoms with Crippen molar-refractivity contribution in [2.24, 2.45) is 0 Å². The molecule has 2 rings (SSSR count). The van der Waals surface area contributed by atoms with Gasteiger partial charge in [0.2, 0.25) is 5.91 Å². The van der Waals surface area contributed by atoms with Gasteiger partial charge in [0.25, 0.3) is 5.91 Å². The van der Waals surface area contributed by atoms with Crippen LogP contribution >= 0.6 is 0 Å². The molecule has 0 heterocycles. The van der Waals surface area contributed by atoms with Crippen molar-refractivity contribution in [2.75, 3.05) is 23.7 Å². The number of aryl methyl sites for hydroxylation is 1. The van der Waals surface area contributed by atoms with E-state index in [1.807, 2.05) is 38.1 Å². The zero-order valence-electron chi connectivity index (χ0n) is 13.3. The average molecular weight is 311 g/mol. The Morgan fingerprint density at radius 2 is 1.52 bits per heavy atom. The van der Waals surface area contributed by atoms with Crippen LogP contribution in [0.2, 0.25) is 0 Å². The molecule has 0 aliphatic rings. The number of hydrogen-bond donors (Lipinski definition) is 3. The van der Waals surface area contributed by atoms with Crippen LogP contribution in [0.3, 0.4) is 0 Å². The molecule has 3 N–H and O–H groups in total. The van der Waals surface area contributed by atoms with Crippen molar-refractivity contribution in [3.63, 3.8) is 0 Å². The first-order valence-corrected chi connectivity index (χ1v) is 7.57. The second-order valence-corrected chi connectivity index (χ2v) is 5.20. The molecular weight excluding hydrogens is 290 g/mol. The number of amides is 2. The van der Waals surface area contributed by atoms with Gasteiger partial charge < -0.3 is 16.0 Å². The fourth-order valence-electron chi connectivity index (χ4n) is 2.03. The molecule has 2 aromatic carbocycles. The van der Waals surface area contributed by atoms with Crippen LogP contribution in [-0.2, 0) is 4.79 Å². The number of carbonyl (C=O) groups is 2. The zero-order valence-corrected chi connectivity index (χ0v) is 13.3. The average Bonchev–Trinajstić information content (AvgIpc) is 2.55. The molecule has 0 aliphatic carbocycles. The van der Waals surface area contributed by atoms with Gasteiger partial charge in [0, 0.05) is 23.5 Å². The molecule has 5 nitrogen and oxygen atoms in total. The molecule has 0 radical (unpaired) electrons. The van der Waals surface area contributed by atoms with Gasteiger partial charge in [-0.15, -0.1) is 0 Å². The maximum absolute atomic E-state index is 11.9. The van der Waals surface area contributed by atoms with E-state index in [4.69, 9.17) is 0 Å². The summed E-state index contributed by atoms with van der Waals surface area (Å²) in [6, 6.07) is 14.7. The summed E-state index contributed by atoms with van der Waals surface area (Å²) < 4.78 is 0. The third-order valence-corrected chi connectivity index (χ3v) is 3.27. The lowest BCUT2D eigenvalue weighted by atomic mass is 10.2. The molecule has 0 fully saturated rings. The molecule has 0 aliphatic heterocycles. The van der Waals surface area contributed by atoms with Gasteiger partial charge in [-0.1, -0.05) is 17.7 Å². The van der Waals surface area contributed by atoms with Crippen LogP contribution in [-0.4, -0.2) is 24.9 Å². The summed E-state index contributed by atoms with van der Waals surface area (Å²) in [5.74, 6) is -0.261. The quantitative estimate of drug-likeness (QED) is 0.768. The minimum Gasteiger partial charge on any atom is -0.376 e. The molecule has 2 amide bonds. The van der Waals surface area contributed by atoms with Gasteiger partial charge in [-0.2, -0.15) is 0 Å². The van der Waals surface area contributed by atoms with Crippen LogP contribution in [0.15, 0.2) is 48.5 Å². The van der Waals surface area contributed by atoms with Crippen molar-refractivity contribution in [3.05, 3.63) is 59.7 Å². The summed E-state index contributed by atoms with van der Waals surface area (Å²) in [7, 11) is 0. The van der Waals surface area contributed by atoms with Gasteiger partial charge >= 0.3 is 0 Å². The van der Waals surface area contributed by atoms with Gasteiger partial charge in [0.15, 0.2) is 0 Å². The van der Waals surface area contributed by atoms with Crippen LogP contribution < -0.4 is 16.0 Å². The monoisotopic (exact) mass is 311 g/mol. The second kappa shape index (κ2) is 7.98. The SMILES string of the molecule is CCNC(=O)c1ccc(NC(=O)CNc2ccc(C)cc2)cc1. The van der Waals surface area contributed by atoms with Crippen LogP contribution in [0.5, 0.6) is 0 Å². The van der Waals surface area contributed by atoms with Crippen molar-refractivity contribution in [1.82, 2.24) is 5.32 Å². The first kappa shape index (κ1) is 16.5. The topological polar surface area (TPSA) is 70.2 Å². The smallest absolute Gasteiger partial charge is 0.251 e. The maximum atomic E-state index is 11.9. The van der Waals surface area contributed by atoms with Crippen molar-refractivity contribution in [1.29, 1.82) is 0 Å². The number of carbonyl (C=O) groups excluding carboxylic acids is 2. The molecule has 120 valence electrons. The zero-order chi connectivity index (χ0) is 16.7. The molecule has 0 saturated heterocycles. The Kier molecular flexibility index (Phi) is 5.74. The molecule has 0 atom stereocenters. The van der Waals surface area contributed by atoms with E-state index in [9.17, 15) is 9.59 Å². The Morgan fingerprint density at radius 1 is 0.913 bits per heavy atom. The number of rotatable bonds is 6. The predicted octanol–water partition coefficient (Wildman–Crippen LogP) is 2.80. The molecule has 0 spiro atoms. The predicted molar refractivity (Wildman–Crippen MR) is 92.7 cm³/mol. The standard InChI is InChI=1S/C18H21N3O2/c1-3-19-18(23)14-6-10-16(11-7-14)21-17(22)12-20-15-8-4-13(2)5-9-15/h4-11,20H,3,12H2,1-2H3,(H,19,23)(H,21,22). The normalized spacial score (nSPS) is 10.0. The molecule has 0 saturated carbocycles. The van der Waals surface area contributed by atoms with E-state index in [0.29, 0.717) is 17.8 Å². The Bertz CT molecular complexity index is 664. The molecular formula is C18H21N3O2. The van der Waals surface area contributed by atoms with E-state index >= 15 is 0 Å². The lowest BCUT2D eigenvalue weighted by molar-refractivity contribution is -0.114. The van der Waals surface area contributed by atoms with E-state index < -0.39 is 0 Å². The molecule has 0 unspecified atom stereocenters. The fraction of sp³-hybridized carbons (Fsp3) is 0.222. The second-order valence-electron chi connectivity index (χ2n) is 5.20. The summed E-state index contributed by atoms with van der Waals surface area (Å²) in [4.78, 5) is 23.6. The van der Waals surface area contributed by atoms with E-state index in [-0.39, 0.29) is 18.4 Å². The van der Waals surface area contributed by atoms with Crippen LogP contribution in [0, 0.1) is 6.92 Å². The van der Waals surface area contributed by atoms with Crippen LogP contribution in [0.4, 0.5) is 11.4 Å². The lowest BCUT2D eigenvalue weighted by Crippen LogP contribution is -2.23. The van der Waals surface area contributed by atoms with E-state index in [1.165, 1.54) is 5.56 Å². The highest BCUT2D eigenvalue weighted by atomic mass is 16.2. The number of nitrogens with one attached hydrogen (secondary N) is 3.